The van der Waals surface area contributed by atoms with E-state index in [2.05, 4.69) is 11.8 Å². The average Bonchev–Trinajstić information content (AvgIpc) is 2.72. The molecule has 2 rings (SSSR count). The summed E-state index contributed by atoms with van der Waals surface area (Å²) in [5, 5.41) is 0. The van der Waals surface area contributed by atoms with Gasteiger partial charge in [0, 0.05) is 24.9 Å². The highest BCUT2D eigenvalue weighted by Crippen LogP contribution is 2.29. The van der Waals surface area contributed by atoms with Crippen LogP contribution in [0.2, 0.25) is 0 Å². The van der Waals surface area contributed by atoms with Crippen LogP contribution in [0.5, 0.6) is 0 Å². The molecule has 86 valence electrons. The Balaban J connectivity index is 1.95. The molecule has 0 bridgehead atoms. The third kappa shape index (κ3) is 2.60. The second-order valence-corrected chi connectivity index (χ2v) is 5.06. The Morgan fingerprint density at radius 2 is 1.80 bits per heavy atom. The number of Topliss-reactive ketones (excluding diaryl/α,β-unsaturated/α-hetero) is 1. The number of hydrogen-bond donors (Lipinski definition) is 0. The molecule has 0 amide bonds. The minimum absolute atomic E-state index is 0.489. The van der Waals surface area contributed by atoms with Crippen LogP contribution >= 0.6 is 0 Å². The number of rotatable bonds is 3. The highest BCUT2D eigenvalue weighted by atomic mass is 16.1. The van der Waals surface area contributed by atoms with Gasteiger partial charge in [0.1, 0.15) is 5.78 Å². The zero-order valence-corrected chi connectivity index (χ0v) is 9.87. The van der Waals surface area contributed by atoms with Crippen molar-refractivity contribution in [2.45, 2.75) is 70.4 Å². The molecule has 2 fully saturated rings. The molecule has 0 aliphatic heterocycles. The number of ketones is 1. The summed E-state index contributed by atoms with van der Waals surface area (Å²) in [5.41, 5.74) is 0. The van der Waals surface area contributed by atoms with Gasteiger partial charge in [0.2, 0.25) is 0 Å². The van der Waals surface area contributed by atoms with Gasteiger partial charge >= 0.3 is 0 Å². The van der Waals surface area contributed by atoms with Crippen LogP contribution in [0.3, 0.4) is 0 Å². The maximum atomic E-state index is 11.5. The van der Waals surface area contributed by atoms with Crippen LogP contribution in [0.15, 0.2) is 0 Å². The third-order valence-corrected chi connectivity index (χ3v) is 4.08. The summed E-state index contributed by atoms with van der Waals surface area (Å²) >= 11 is 0. The topological polar surface area (TPSA) is 20.3 Å². The second-order valence-electron chi connectivity index (χ2n) is 5.06. The molecule has 2 aliphatic rings. The molecule has 0 aromatic rings. The first-order valence-electron chi connectivity index (χ1n) is 6.58. The summed E-state index contributed by atoms with van der Waals surface area (Å²) in [6.45, 7) is 3.38. The quantitative estimate of drug-likeness (QED) is 0.712. The van der Waals surface area contributed by atoms with Crippen LogP contribution in [0.4, 0.5) is 0 Å². The van der Waals surface area contributed by atoms with Gasteiger partial charge < -0.3 is 0 Å². The Morgan fingerprint density at radius 1 is 1.13 bits per heavy atom. The lowest BCUT2D eigenvalue weighted by molar-refractivity contribution is -0.122. The highest BCUT2D eigenvalue weighted by molar-refractivity contribution is 5.79. The predicted octanol–water partition coefficient (Wildman–Crippen LogP) is 2.76. The average molecular weight is 209 g/mol. The fourth-order valence-corrected chi connectivity index (χ4v) is 3.34. The van der Waals surface area contributed by atoms with E-state index in [-0.39, 0.29) is 0 Å². The van der Waals surface area contributed by atoms with Crippen molar-refractivity contribution in [3.8, 4) is 0 Å². The first kappa shape index (κ1) is 11.1. The minimum atomic E-state index is 0.489. The van der Waals surface area contributed by atoms with Crippen LogP contribution in [-0.2, 0) is 4.79 Å². The molecule has 0 aromatic heterocycles. The smallest absolute Gasteiger partial charge is 0.134 e. The molecule has 1 atom stereocenters. The first-order valence-corrected chi connectivity index (χ1v) is 6.58. The summed E-state index contributed by atoms with van der Waals surface area (Å²) in [6.07, 6.45) is 9.52. The lowest BCUT2D eigenvalue weighted by atomic mass is 9.92. The minimum Gasteiger partial charge on any atom is -0.300 e. The van der Waals surface area contributed by atoms with E-state index in [1.807, 2.05) is 0 Å². The van der Waals surface area contributed by atoms with Crippen molar-refractivity contribution in [2.75, 3.05) is 6.54 Å². The molecule has 1 unspecified atom stereocenters. The third-order valence-electron chi connectivity index (χ3n) is 4.08. The molecule has 0 radical (unpaired) electrons. The molecule has 2 heteroatoms. The highest BCUT2D eigenvalue weighted by Gasteiger charge is 2.30. The Labute approximate surface area is 93.0 Å². The van der Waals surface area contributed by atoms with Gasteiger partial charge in [0.15, 0.2) is 0 Å². The molecule has 2 saturated carbocycles. The van der Waals surface area contributed by atoms with Crippen LogP contribution in [0.25, 0.3) is 0 Å². The number of hydrogen-bond acceptors (Lipinski definition) is 2. The summed E-state index contributed by atoms with van der Waals surface area (Å²) in [5.74, 6) is 0.489. The van der Waals surface area contributed by atoms with E-state index in [0.29, 0.717) is 11.8 Å². The van der Waals surface area contributed by atoms with Crippen LogP contribution < -0.4 is 0 Å². The van der Waals surface area contributed by atoms with Crippen molar-refractivity contribution >= 4 is 5.78 Å². The fraction of sp³-hybridized carbons (Fsp3) is 0.923. The van der Waals surface area contributed by atoms with Crippen molar-refractivity contribution in [2.24, 2.45) is 0 Å². The van der Waals surface area contributed by atoms with E-state index in [1.54, 1.807) is 0 Å². The SMILES string of the molecule is CCN(C1CCCC1)C1CCCC(=O)C1. The molecule has 0 aromatic carbocycles. The zero-order valence-electron chi connectivity index (χ0n) is 9.87. The van der Waals surface area contributed by atoms with E-state index in [1.165, 1.54) is 32.1 Å². The van der Waals surface area contributed by atoms with E-state index in [4.69, 9.17) is 0 Å². The lowest BCUT2D eigenvalue weighted by Crippen LogP contribution is -2.44. The second kappa shape index (κ2) is 5.11. The molecule has 0 N–H and O–H groups in total. The van der Waals surface area contributed by atoms with Crippen LogP contribution in [-0.4, -0.2) is 29.3 Å². The van der Waals surface area contributed by atoms with Gasteiger partial charge in [-0.3, -0.25) is 9.69 Å². The molecular formula is C13H23NO. The summed E-state index contributed by atoms with van der Waals surface area (Å²) in [6, 6.07) is 1.35. The van der Waals surface area contributed by atoms with Gasteiger partial charge in [0.05, 0.1) is 0 Å². The molecule has 15 heavy (non-hydrogen) atoms. The van der Waals surface area contributed by atoms with Crippen molar-refractivity contribution in [1.29, 1.82) is 0 Å². The molecule has 2 aliphatic carbocycles. The Hall–Kier alpha value is -0.370. The van der Waals surface area contributed by atoms with Crippen molar-refractivity contribution in [1.82, 2.24) is 4.90 Å². The van der Waals surface area contributed by atoms with Gasteiger partial charge in [-0.2, -0.15) is 0 Å². The summed E-state index contributed by atoms with van der Waals surface area (Å²) in [4.78, 5) is 14.1. The van der Waals surface area contributed by atoms with Crippen molar-refractivity contribution in [3.05, 3.63) is 0 Å². The molecular weight excluding hydrogens is 186 g/mol. The van der Waals surface area contributed by atoms with Gasteiger partial charge in [-0.05, 0) is 32.2 Å². The first-order chi connectivity index (χ1) is 7.31. The zero-order chi connectivity index (χ0) is 10.7. The molecule has 0 spiro atoms. The van der Waals surface area contributed by atoms with E-state index in [0.717, 1.165) is 31.8 Å². The lowest BCUT2D eigenvalue weighted by Gasteiger charge is -2.37. The summed E-state index contributed by atoms with van der Waals surface area (Å²) in [7, 11) is 0. The molecule has 0 saturated heterocycles. The van der Waals surface area contributed by atoms with Gasteiger partial charge in [-0.1, -0.05) is 19.8 Å². The Kier molecular flexibility index (Phi) is 3.79. The largest absolute Gasteiger partial charge is 0.300 e. The van der Waals surface area contributed by atoms with Gasteiger partial charge in [-0.15, -0.1) is 0 Å². The monoisotopic (exact) mass is 209 g/mol. The Bertz CT molecular complexity index is 221. The number of carbonyl (C=O) groups is 1. The maximum absolute atomic E-state index is 11.5. The number of nitrogens with zero attached hydrogens (tertiary/aromatic N) is 1. The maximum Gasteiger partial charge on any atom is 0.134 e. The van der Waals surface area contributed by atoms with Crippen LogP contribution in [0, 0.1) is 0 Å². The Morgan fingerprint density at radius 3 is 2.40 bits per heavy atom. The standard InChI is InChI=1S/C13H23NO/c1-2-14(11-6-3-4-7-11)12-8-5-9-13(15)10-12/h11-12H,2-10H2,1H3. The van der Waals surface area contributed by atoms with Crippen LogP contribution in [0.1, 0.15) is 58.3 Å². The summed E-state index contributed by atoms with van der Waals surface area (Å²) < 4.78 is 0. The van der Waals surface area contributed by atoms with Crippen molar-refractivity contribution < 1.29 is 4.79 Å². The predicted molar refractivity (Wildman–Crippen MR) is 61.9 cm³/mol. The van der Waals surface area contributed by atoms with Gasteiger partial charge in [-0.25, -0.2) is 0 Å². The molecule has 0 heterocycles. The van der Waals surface area contributed by atoms with Gasteiger partial charge in [0.25, 0.3) is 0 Å². The van der Waals surface area contributed by atoms with E-state index >= 15 is 0 Å². The normalized spacial score (nSPS) is 28.9. The van der Waals surface area contributed by atoms with Crippen molar-refractivity contribution in [3.63, 3.8) is 0 Å². The van der Waals surface area contributed by atoms with E-state index < -0.39 is 0 Å². The molecule has 2 nitrogen and oxygen atoms in total. The number of carbonyl (C=O) groups excluding carboxylic acids is 1. The fourth-order valence-electron chi connectivity index (χ4n) is 3.34. The van der Waals surface area contributed by atoms with E-state index in [9.17, 15) is 4.79 Å².